The number of aromatic nitrogens is 1. The minimum Gasteiger partial charge on any atom is -0.350 e. The van der Waals surface area contributed by atoms with Gasteiger partial charge in [0.15, 0.2) is 0 Å². The first-order valence-electron chi connectivity index (χ1n) is 11.3. The van der Waals surface area contributed by atoms with Crippen molar-refractivity contribution in [3.05, 3.63) is 72.5 Å². The number of carbonyl (C=O) groups is 2. The molecule has 2 saturated heterocycles. The predicted molar refractivity (Wildman–Crippen MR) is 125 cm³/mol. The van der Waals surface area contributed by atoms with Gasteiger partial charge in [0.05, 0.1) is 6.67 Å². The topological polar surface area (TPSA) is 90.7 Å². The summed E-state index contributed by atoms with van der Waals surface area (Å²) in [6, 6.07) is 21.4. The fraction of sp³-hybridized carbons (Fsp3) is 0.320. The van der Waals surface area contributed by atoms with Crippen molar-refractivity contribution in [3.8, 4) is 11.3 Å². The summed E-state index contributed by atoms with van der Waals surface area (Å²) in [5.74, 6) is 0.0370. The van der Waals surface area contributed by atoms with Crippen LogP contribution in [0.5, 0.6) is 0 Å². The number of anilines is 1. The van der Waals surface area contributed by atoms with Crippen LogP contribution in [0.2, 0.25) is 0 Å². The van der Waals surface area contributed by atoms with Crippen LogP contribution >= 0.6 is 0 Å². The number of rotatable bonds is 6. The van der Waals surface area contributed by atoms with E-state index in [1.54, 1.807) is 6.07 Å². The number of nitrogens with zero attached hydrogens (tertiary/aromatic N) is 3. The van der Waals surface area contributed by atoms with Crippen LogP contribution in [0, 0.1) is 0 Å². The summed E-state index contributed by atoms with van der Waals surface area (Å²) in [6.45, 7) is 3.36. The third-order valence-corrected chi connectivity index (χ3v) is 6.61. The number of nitrogens with one attached hydrogen (secondary N) is 2. The van der Waals surface area contributed by atoms with Gasteiger partial charge in [0.1, 0.15) is 11.2 Å². The summed E-state index contributed by atoms with van der Waals surface area (Å²) >= 11 is 0. The molecule has 170 valence electrons. The third-order valence-electron chi connectivity index (χ3n) is 6.61. The Labute approximate surface area is 192 Å². The van der Waals surface area contributed by atoms with Crippen LogP contribution in [0.15, 0.2) is 71.3 Å². The van der Waals surface area contributed by atoms with Crippen LogP contribution in [0.3, 0.4) is 0 Å². The number of likely N-dealkylation sites (tertiary alicyclic amines) is 1. The fourth-order valence-corrected chi connectivity index (χ4v) is 4.72. The fourth-order valence-electron chi connectivity index (χ4n) is 4.72. The maximum Gasteiger partial charge on any atom is 0.289 e. The molecule has 0 unspecified atom stereocenters. The van der Waals surface area contributed by atoms with Gasteiger partial charge in [-0.1, -0.05) is 53.7 Å². The predicted octanol–water partition coefficient (Wildman–Crippen LogP) is 2.50. The molecule has 0 radical (unpaired) electrons. The Bertz CT molecular complexity index is 1110. The van der Waals surface area contributed by atoms with Crippen molar-refractivity contribution < 1.29 is 14.1 Å². The molecule has 33 heavy (non-hydrogen) atoms. The molecule has 3 aromatic rings. The second kappa shape index (κ2) is 9.07. The molecule has 1 spiro atoms. The molecule has 8 heteroatoms. The zero-order valence-corrected chi connectivity index (χ0v) is 18.4. The maximum atomic E-state index is 12.8. The average molecular weight is 446 g/mol. The van der Waals surface area contributed by atoms with Crippen LogP contribution in [-0.2, 0) is 4.79 Å². The van der Waals surface area contributed by atoms with E-state index in [4.69, 9.17) is 4.52 Å². The molecule has 5 rings (SSSR count). The van der Waals surface area contributed by atoms with Gasteiger partial charge in [0.25, 0.3) is 5.91 Å². The Kier molecular flexibility index (Phi) is 5.83. The van der Waals surface area contributed by atoms with Crippen molar-refractivity contribution in [2.45, 2.75) is 18.4 Å². The van der Waals surface area contributed by atoms with Crippen molar-refractivity contribution >= 4 is 17.5 Å². The highest BCUT2D eigenvalue weighted by Crippen LogP contribution is 2.36. The molecular weight excluding hydrogens is 418 g/mol. The van der Waals surface area contributed by atoms with Gasteiger partial charge >= 0.3 is 0 Å². The van der Waals surface area contributed by atoms with Gasteiger partial charge in [-0.3, -0.25) is 9.59 Å². The SMILES string of the molecule is O=C(NCCN1CCC2(CC1)C(=O)NCN2c1ccccc1)c1cc(-c2ccccc2)no1. The van der Waals surface area contributed by atoms with E-state index in [0.29, 0.717) is 25.5 Å². The molecule has 0 bridgehead atoms. The van der Waals surface area contributed by atoms with Gasteiger partial charge in [0, 0.05) is 43.5 Å². The van der Waals surface area contributed by atoms with Crippen LogP contribution in [0.25, 0.3) is 11.3 Å². The molecule has 2 aromatic carbocycles. The molecule has 2 aliphatic rings. The highest BCUT2D eigenvalue weighted by Gasteiger charge is 2.50. The Morgan fingerprint density at radius 2 is 1.76 bits per heavy atom. The number of benzene rings is 2. The average Bonchev–Trinajstić information content (AvgIpc) is 3.48. The molecule has 2 N–H and O–H groups in total. The maximum absolute atomic E-state index is 12.8. The van der Waals surface area contributed by atoms with E-state index < -0.39 is 5.54 Å². The lowest BCUT2D eigenvalue weighted by Gasteiger charge is -2.43. The molecule has 2 aliphatic heterocycles. The Hall–Kier alpha value is -3.65. The second-order valence-corrected chi connectivity index (χ2v) is 8.50. The van der Waals surface area contributed by atoms with E-state index in [1.165, 1.54) is 0 Å². The molecule has 2 amide bonds. The van der Waals surface area contributed by atoms with E-state index in [1.807, 2.05) is 48.5 Å². The Morgan fingerprint density at radius 1 is 1.06 bits per heavy atom. The van der Waals surface area contributed by atoms with Gasteiger partial charge in [0.2, 0.25) is 11.7 Å². The first kappa shape index (κ1) is 21.2. The number of hydrogen-bond donors (Lipinski definition) is 2. The summed E-state index contributed by atoms with van der Waals surface area (Å²) < 4.78 is 5.23. The summed E-state index contributed by atoms with van der Waals surface area (Å²) in [5, 5.41) is 9.94. The first-order valence-corrected chi connectivity index (χ1v) is 11.3. The van der Waals surface area contributed by atoms with Crippen molar-refractivity contribution in [2.75, 3.05) is 37.7 Å². The van der Waals surface area contributed by atoms with Crippen LogP contribution in [0.4, 0.5) is 5.69 Å². The quantitative estimate of drug-likeness (QED) is 0.606. The largest absolute Gasteiger partial charge is 0.350 e. The molecule has 1 aromatic heterocycles. The van der Waals surface area contributed by atoms with Gasteiger partial charge in [-0.15, -0.1) is 0 Å². The molecule has 0 saturated carbocycles. The van der Waals surface area contributed by atoms with E-state index in [0.717, 1.165) is 37.2 Å². The normalized spacial score (nSPS) is 17.8. The lowest BCUT2D eigenvalue weighted by molar-refractivity contribution is -0.125. The molecule has 2 fully saturated rings. The monoisotopic (exact) mass is 445 g/mol. The van der Waals surface area contributed by atoms with E-state index in [-0.39, 0.29) is 17.6 Å². The third kappa shape index (κ3) is 4.21. The number of carbonyl (C=O) groups excluding carboxylic acids is 2. The minimum atomic E-state index is -0.491. The first-order chi connectivity index (χ1) is 16.2. The zero-order valence-electron chi connectivity index (χ0n) is 18.4. The molecule has 8 nitrogen and oxygen atoms in total. The second-order valence-electron chi connectivity index (χ2n) is 8.50. The number of amides is 2. The van der Waals surface area contributed by atoms with Crippen molar-refractivity contribution in [2.24, 2.45) is 0 Å². The van der Waals surface area contributed by atoms with Gasteiger partial charge < -0.3 is 25.0 Å². The summed E-state index contributed by atoms with van der Waals surface area (Å²) in [6.07, 6.45) is 1.51. The highest BCUT2D eigenvalue weighted by molar-refractivity contribution is 5.93. The van der Waals surface area contributed by atoms with Crippen LogP contribution in [-0.4, -0.2) is 60.3 Å². The minimum absolute atomic E-state index is 0.110. The van der Waals surface area contributed by atoms with Crippen LogP contribution in [0.1, 0.15) is 23.4 Å². The standard InChI is InChI=1S/C25H27N5O3/c31-23(22-17-21(28-33-22)19-7-3-1-4-8-19)26-13-16-29-14-11-25(12-15-29)24(32)27-18-30(25)20-9-5-2-6-10-20/h1-10,17H,11-16,18H2,(H,26,31)(H,27,32). The number of hydrogen-bond acceptors (Lipinski definition) is 6. The van der Waals surface area contributed by atoms with E-state index in [9.17, 15) is 9.59 Å². The van der Waals surface area contributed by atoms with Crippen LogP contribution < -0.4 is 15.5 Å². The Morgan fingerprint density at radius 3 is 2.48 bits per heavy atom. The van der Waals surface area contributed by atoms with Crippen molar-refractivity contribution in [1.29, 1.82) is 0 Å². The van der Waals surface area contributed by atoms with E-state index in [2.05, 4.69) is 37.7 Å². The van der Waals surface area contributed by atoms with Gasteiger partial charge in [-0.05, 0) is 25.0 Å². The number of piperidine rings is 1. The number of para-hydroxylation sites is 1. The summed E-state index contributed by atoms with van der Waals surface area (Å²) in [7, 11) is 0. The zero-order chi connectivity index (χ0) is 22.7. The molecule has 0 aliphatic carbocycles. The van der Waals surface area contributed by atoms with E-state index >= 15 is 0 Å². The molecule has 0 atom stereocenters. The summed E-state index contributed by atoms with van der Waals surface area (Å²) in [4.78, 5) is 29.7. The highest BCUT2D eigenvalue weighted by atomic mass is 16.5. The molecular formula is C25H27N5O3. The van der Waals surface area contributed by atoms with Crippen molar-refractivity contribution in [1.82, 2.24) is 20.7 Å². The van der Waals surface area contributed by atoms with Crippen molar-refractivity contribution in [3.63, 3.8) is 0 Å². The smallest absolute Gasteiger partial charge is 0.289 e. The lowest BCUT2D eigenvalue weighted by atomic mass is 9.85. The lowest BCUT2D eigenvalue weighted by Crippen LogP contribution is -2.57. The molecule has 3 heterocycles. The van der Waals surface area contributed by atoms with Gasteiger partial charge in [-0.2, -0.15) is 0 Å². The summed E-state index contributed by atoms with van der Waals surface area (Å²) in [5.41, 5.74) is 2.12. The Balaban J connectivity index is 1.13. The van der Waals surface area contributed by atoms with Gasteiger partial charge in [-0.25, -0.2) is 0 Å².